The maximum Gasteiger partial charge on any atom is 0.244 e. The third kappa shape index (κ3) is 5.31. The Balaban J connectivity index is 1.30. The van der Waals surface area contributed by atoms with Gasteiger partial charge in [-0.1, -0.05) is 19.3 Å². The lowest BCUT2D eigenvalue weighted by molar-refractivity contribution is -0.132. The number of benzene rings is 1. The Morgan fingerprint density at radius 1 is 1.03 bits per heavy atom. The molecular weight excluding hydrogens is 440 g/mol. The first-order valence-corrected chi connectivity index (χ1v) is 12.7. The number of carbonyl (C=O) groups is 1. The number of carbonyl (C=O) groups excluding carboxylic acids is 1. The minimum Gasteiger partial charge on any atom is -0.497 e. The largest absolute Gasteiger partial charge is 0.497 e. The quantitative estimate of drug-likeness (QED) is 0.536. The number of hydrogen-bond donors (Lipinski definition) is 0. The van der Waals surface area contributed by atoms with Crippen LogP contribution in [0.5, 0.6) is 5.75 Å². The van der Waals surface area contributed by atoms with Crippen LogP contribution in [0.25, 0.3) is 11.4 Å². The molecule has 35 heavy (non-hydrogen) atoms. The second kappa shape index (κ2) is 10.5. The van der Waals surface area contributed by atoms with E-state index in [1.807, 2.05) is 46.1 Å². The van der Waals surface area contributed by atoms with E-state index >= 15 is 0 Å². The number of pyridine rings is 1. The van der Waals surface area contributed by atoms with Crippen molar-refractivity contribution in [1.82, 2.24) is 24.6 Å². The van der Waals surface area contributed by atoms with Crippen LogP contribution in [0.2, 0.25) is 0 Å². The topological polar surface area (TPSA) is 76.4 Å². The van der Waals surface area contributed by atoms with Gasteiger partial charge in [-0.2, -0.15) is 5.10 Å². The third-order valence-corrected chi connectivity index (χ3v) is 7.16. The summed E-state index contributed by atoms with van der Waals surface area (Å²) in [6, 6.07) is 11.9. The van der Waals surface area contributed by atoms with Crippen molar-refractivity contribution in [2.75, 3.05) is 38.2 Å². The van der Waals surface area contributed by atoms with Crippen molar-refractivity contribution in [1.29, 1.82) is 0 Å². The van der Waals surface area contributed by atoms with Crippen molar-refractivity contribution in [3.8, 4) is 17.1 Å². The monoisotopic (exact) mass is 474 g/mol. The fourth-order valence-corrected chi connectivity index (χ4v) is 5.10. The number of methoxy groups -OCH3 is 1. The van der Waals surface area contributed by atoms with E-state index in [4.69, 9.17) is 14.8 Å². The predicted octanol–water partition coefficient (Wildman–Crippen LogP) is 4.05. The molecule has 1 aromatic carbocycles. The van der Waals surface area contributed by atoms with Gasteiger partial charge >= 0.3 is 0 Å². The average Bonchev–Trinajstić information content (AvgIpc) is 3.33. The summed E-state index contributed by atoms with van der Waals surface area (Å²) < 4.78 is 7.15. The molecule has 0 radical (unpaired) electrons. The highest BCUT2D eigenvalue weighted by Gasteiger charge is 2.27. The van der Waals surface area contributed by atoms with Gasteiger partial charge in [0.25, 0.3) is 0 Å². The van der Waals surface area contributed by atoms with Crippen LogP contribution in [-0.2, 0) is 11.3 Å². The van der Waals surface area contributed by atoms with Crippen LogP contribution in [0.1, 0.15) is 49.4 Å². The van der Waals surface area contributed by atoms with Crippen LogP contribution in [0, 0.1) is 6.92 Å². The second-order valence-electron chi connectivity index (χ2n) is 9.57. The fraction of sp³-hybridized carbons (Fsp3) is 0.481. The van der Waals surface area contributed by atoms with Crippen molar-refractivity contribution in [2.45, 2.75) is 51.5 Å². The first-order chi connectivity index (χ1) is 17.1. The molecule has 1 amide bonds. The van der Waals surface area contributed by atoms with Crippen LogP contribution < -0.4 is 9.64 Å². The van der Waals surface area contributed by atoms with E-state index in [-0.39, 0.29) is 12.5 Å². The molecule has 8 nitrogen and oxygen atoms in total. The van der Waals surface area contributed by atoms with Crippen molar-refractivity contribution < 1.29 is 9.53 Å². The summed E-state index contributed by atoms with van der Waals surface area (Å²) in [4.78, 5) is 27.0. The van der Waals surface area contributed by atoms with Gasteiger partial charge < -0.3 is 14.5 Å². The van der Waals surface area contributed by atoms with Crippen LogP contribution in [0.15, 0.2) is 42.6 Å². The third-order valence-electron chi connectivity index (χ3n) is 7.16. The van der Waals surface area contributed by atoms with Gasteiger partial charge in [0.05, 0.1) is 7.11 Å². The molecule has 184 valence electrons. The smallest absolute Gasteiger partial charge is 0.244 e. The molecule has 5 rings (SSSR count). The normalized spacial score (nSPS) is 17.0. The zero-order valence-corrected chi connectivity index (χ0v) is 20.7. The maximum atomic E-state index is 13.3. The van der Waals surface area contributed by atoms with E-state index in [9.17, 15) is 4.79 Å². The lowest BCUT2D eigenvalue weighted by atomic mass is 9.88. The molecule has 2 fully saturated rings. The van der Waals surface area contributed by atoms with Crippen molar-refractivity contribution in [3.05, 3.63) is 54.0 Å². The lowest BCUT2D eigenvalue weighted by Crippen LogP contribution is -2.50. The van der Waals surface area contributed by atoms with Crippen LogP contribution in [0.4, 0.5) is 5.82 Å². The van der Waals surface area contributed by atoms with Gasteiger partial charge in [-0.15, -0.1) is 0 Å². The molecule has 1 aliphatic carbocycles. The molecule has 3 aromatic rings. The second-order valence-corrected chi connectivity index (χ2v) is 9.57. The summed E-state index contributed by atoms with van der Waals surface area (Å²) in [5.41, 5.74) is 2.14. The highest BCUT2D eigenvalue weighted by molar-refractivity contribution is 5.76. The summed E-state index contributed by atoms with van der Waals surface area (Å²) in [7, 11) is 1.66. The average molecular weight is 475 g/mol. The molecule has 0 unspecified atom stereocenters. The SMILES string of the molecule is COc1ccc(-c2nc(C3CCCCC3)n(CC(=O)N3CCN(c4cc(C)ccn4)CC3)n2)cc1. The number of hydrogen-bond acceptors (Lipinski definition) is 6. The van der Waals surface area contributed by atoms with E-state index in [1.54, 1.807) is 7.11 Å². The summed E-state index contributed by atoms with van der Waals surface area (Å²) in [6.45, 7) is 5.25. The van der Waals surface area contributed by atoms with Gasteiger partial charge in [0.15, 0.2) is 5.82 Å². The molecule has 0 spiro atoms. The van der Waals surface area contributed by atoms with Gasteiger partial charge in [0.1, 0.15) is 23.9 Å². The van der Waals surface area contributed by atoms with Gasteiger partial charge in [-0.3, -0.25) is 4.79 Å². The van der Waals surface area contributed by atoms with Crippen molar-refractivity contribution in [2.24, 2.45) is 0 Å². The summed E-state index contributed by atoms with van der Waals surface area (Å²) in [6.07, 6.45) is 7.75. The Morgan fingerprint density at radius 3 is 2.46 bits per heavy atom. The highest BCUT2D eigenvalue weighted by Crippen LogP contribution is 2.33. The van der Waals surface area contributed by atoms with Crippen molar-refractivity contribution >= 4 is 11.7 Å². The fourth-order valence-electron chi connectivity index (χ4n) is 5.10. The van der Waals surface area contributed by atoms with E-state index in [0.29, 0.717) is 24.8 Å². The number of rotatable bonds is 6. The van der Waals surface area contributed by atoms with E-state index in [2.05, 4.69) is 22.9 Å². The number of anilines is 1. The minimum absolute atomic E-state index is 0.102. The minimum atomic E-state index is 0.102. The molecule has 2 aliphatic rings. The standard InChI is InChI=1S/C27H34N6O2/c1-20-12-13-28-24(18-20)31-14-16-32(17-15-31)25(34)19-33-27(22-6-4-3-5-7-22)29-26(30-33)21-8-10-23(35-2)11-9-21/h8-13,18,22H,3-7,14-17,19H2,1-2H3. The Labute approximate surface area is 206 Å². The van der Waals surface area contributed by atoms with E-state index in [0.717, 1.165) is 48.9 Å². The summed E-state index contributed by atoms with van der Waals surface area (Å²) >= 11 is 0. The summed E-state index contributed by atoms with van der Waals surface area (Å²) in [5, 5.41) is 4.82. The number of aromatic nitrogens is 4. The molecule has 1 saturated carbocycles. The number of nitrogens with zero attached hydrogens (tertiary/aromatic N) is 6. The Morgan fingerprint density at radius 2 is 1.77 bits per heavy atom. The first kappa shape index (κ1) is 23.3. The van der Waals surface area contributed by atoms with Crippen LogP contribution in [0.3, 0.4) is 0 Å². The molecular formula is C27H34N6O2. The Hall–Kier alpha value is -3.42. The van der Waals surface area contributed by atoms with Gasteiger partial charge in [-0.05, 0) is 61.7 Å². The summed E-state index contributed by atoms with van der Waals surface area (Å²) in [5.74, 6) is 3.88. The zero-order chi connectivity index (χ0) is 24.2. The molecule has 1 aliphatic heterocycles. The van der Waals surface area contributed by atoms with Crippen LogP contribution >= 0.6 is 0 Å². The molecule has 0 N–H and O–H groups in total. The Kier molecular flexibility index (Phi) is 6.97. The molecule has 2 aromatic heterocycles. The molecule has 3 heterocycles. The number of piperazine rings is 1. The molecule has 0 atom stereocenters. The maximum absolute atomic E-state index is 13.3. The number of aryl methyl sites for hydroxylation is 1. The first-order valence-electron chi connectivity index (χ1n) is 12.7. The molecule has 8 heteroatoms. The van der Waals surface area contributed by atoms with Crippen LogP contribution in [-0.4, -0.2) is 63.8 Å². The highest BCUT2D eigenvalue weighted by atomic mass is 16.5. The molecule has 1 saturated heterocycles. The Bertz CT molecular complexity index is 1140. The van der Waals surface area contributed by atoms with Gasteiger partial charge in [0.2, 0.25) is 5.91 Å². The number of ether oxygens (including phenoxy) is 1. The van der Waals surface area contributed by atoms with Crippen molar-refractivity contribution in [3.63, 3.8) is 0 Å². The van der Waals surface area contributed by atoms with E-state index < -0.39 is 0 Å². The van der Waals surface area contributed by atoms with Gasteiger partial charge in [0, 0.05) is 43.9 Å². The van der Waals surface area contributed by atoms with Gasteiger partial charge in [-0.25, -0.2) is 14.6 Å². The lowest BCUT2D eigenvalue weighted by Gasteiger charge is -2.35. The predicted molar refractivity (Wildman–Crippen MR) is 136 cm³/mol. The number of amides is 1. The zero-order valence-electron chi connectivity index (χ0n) is 20.7. The molecule has 0 bridgehead atoms. The van der Waals surface area contributed by atoms with E-state index in [1.165, 1.54) is 24.8 Å².